The van der Waals surface area contributed by atoms with Crippen molar-refractivity contribution in [3.05, 3.63) is 29.8 Å². The minimum Gasteiger partial charge on any atom is -0.279 e. The van der Waals surface area contributed by atoms with Crippen LogP contribution in [0.5, 0.6) is 0 Å². The van der Waals surface area contributed by atoms with Crippen molar-refractivity contribution in [1.29, 1.82) is 5.26 Å². The van der Waals surface area contributed by atoms with Crippen LogP contribution in [0.15, 0.2) is 34.6 Å². The Balaban J connectivity index is 2.69. The summed E-state index contributed by atoms with van der Waals surface area (Å²) >= 11 is 0. The van der Waals surface area contributed by atoms with Gasteiger partial charge in [0.2, 0.25) is 0 Å². The van der Waals surface area contributed by atoms with Gasteiger partial charge in [0, 0.05) is 13.1 Å². The molecule has 0 aliphatic heterocycles. The number of nitriles is 1. The largest absolute Gasteiger partial charge is 0.279 e. The average molecular weight is 202 g/mol. The van der Waals surface area contributed by atoms with Crippen molar-refractivity contribution < 1.29 is 0 Å². The van der Waals surface area contributed by atoms with Gasteiger partial charge >= 0.3 is 0 Å². The Bertz CT molecular complexity index is 373. The number of hydrogen-bond acceptors (Lipinski definition) is 3. The van der Waals surface area contributed by atoms with E-state index in [1.54, 1.807) is 29.3 Å². The molecule has 0 bridgehead atoms. The minimum atomic E-state index is 0.326. The normalized spacial score (nSPS) is 10.6. The SMILES string of the molecule is CC(C)N(C)N=Nc1ccc(C#N)cc1. The van der Waals surface area contributed by atoms with Crippen molar-refractivity contribution in [3.63, 3.8) is 0 Å². The average Bonchev–Trinajstić information content (AvgIpc) is 2.26. The molecule has 0 radical (unpaired) electrons. The van der Waals surface area contributed by atoms with Crippen LogP contribution in [0.4, 0.5) is 5.69 Å². The van der Waals surface area contributed by atoms with Gasteiger partial charge in [-0.15, -0.1) is 5.11 Å². The molecule has 0 fully saturated rings. The lowest BCUT2D eigenvalue weighted by Crippen LogP contribution is -2.19. The van der Waals surface area contributed by atoms with Crippen LogP contribution in [0.3, 0.4) is 0 Å². The predicted octanol–water partition coefficient (Wildman–Crippen LogP) is 2.90. The Morgan fingerprint density at radius 3 is 2.33 bits per heavy atom. The summed E-state index contributed by atoms with van der Waals surface area (Å²) in [6.45, 7) is 4.08. The third kappa shape index (κ3) is 3.39. The van der Waals surface area contributed by atoms with E-state index < -0.39 is 0 Å². The first-order chi connectivity index (χ1) is 7.13. The Kier molecular flexibility index (Phi) is 3.81. The van der Waals surface area contributed by atoms with Gasteiger partial charge in [0.25, 0.3) is 0 Å². The first kappa shape index (κ1) is 11.2. The molecular formula is C11H14N4. The number of nitrogens with zero attached hydrogens (tertiary/aromatic N) is 4. The minimum absolute atomic E-state index is 0.326. The Morgan fingerprint density at radius 2 is 1.87 bits per heavy atom. The van der Waals surface area contributed by atoms with Gasteiger partial charge < -0.3 is 0 Å². The van der Waals surface area contributed by atoms with Crippen LogP contribution in [0.2, 0.25) is 0 Å². The molecule has 1 rings (SSSR count). The maximum Gasteiger partial charge on any atom is 0.0991 e. The maximum atomic E-state index is 8.61. The maximum absolute atomic E-state index is 8.61. The summed E-state index contributed by atoms with van der Waals surface area (Å²) in [6, 6.07) is 9.38. The molecule has 0 N–H and O–H groups in total. The van der Waals surface area contributed by atoms with Crippen molar-refractivity contribution in [2.45, 2.75) is 19.9 Å². The number of benzene rings is 1. The molecule has 78 valence electrons. The Morgan fingerprint density at radius 1 is 1.27 bits per heavy atom. The standard InChI is InChI=1S/C11H14N4/c1-9(2)15(3)14-13-11-6-4-10(8-12)5-7-11/h4-7,9H,1-3H3. The molecule has 0 saturated heterocycles. The zero-order chi connectivity index (χ0) is 11.3. The van der Waals surface area contributed by atoms with Gasteiger partial charge in [0.05, 0.1) is 17.3 Å². The van der Waals surface area contributed by atoms with Gasteiger partial charge in [-0.2, -0.15) is 5.26 Å². The van der Waals surface area contributed by atoms with Crippen molar-refractivity contribution in [2.75, 3.05) is 7.05 Å². The molecule has 4 nitrogen and oxygen atoms in total. The summed E-state index contributed by atoms with van der Waals surface area (Å²) in [7, 11) is 1.87. The van der Waals surface area contributed by atoms with Crippen molar-refractivity contribution in [1.82, 2.24) is 5.01 Å². The molecule has 0 heterocycles. The van der Waals surface area contributed by atoms with E-state index in [-0.39, 0.29) is 0 Å². The highest BCUT2D eigenvalue weighted by atomic mass is 15.5. The fourth-order valence-corrected chi connectivity index (χ4v) is 0.828. The van der Waals surface area contributed by atoms with E-state index in [1.807, 2.05) is 20.9 Å². The zero-order valence-electron chi connectivity index (χ0n) is 9.18. The molecule has 0 aliphatic carbocycles. The quantitative estimate of drug-likeness (QED) is 0.559. The fourth-order valence-electron chi connectivity index (χ4n) is 0.828. The van der Waals surface area contributed by atoms with Crippen LogP contribution in [-0.4, -0.2) is 18.1 Å². The number of rotatable bonds is 3. The molecule has 0 saturated carbocycles. The molecule has 0 atom stereocenters. The summed E-state index contributed by atoms with van der Waals surface area (Å²) in [5.41, 5.74) is 1.38. The van der Waals surface area contributed by atoms with Gasteiger partial charge in [-0.05, 0) is 38.1 Å². The lowest BCUT2D eigenvalue weighted by atomic mass is 10.2. The highest BCUT2D eigenvalue weighted by Gasteiger charge is 1.98. The molecule has 1 aromatic carbocycles. The first-order valence-electron chi connectivity index (χ1n) is 4.78. The lowest BCUT2D eigenvalue weighted by Gasteiger charge is -2.14. The van der Waals surface area contributed by atoms with Crippen molar-refractivity contribution in [3.8, 4) is 6.07 Å². The highest BCUT2D eigenvalue weighted by Crippen LogP contribution is 2.13. The topological polar surface area (TPSA) is 51.8 Å². The molecular weight excluding hydrogens is 188 g/mol. The first-order valence-corrected chi connectivity index (χ1v) is 4.78. The Labute approximate surface area is 89.8 Å². The Hall–Kier alpha value is -1.89. The highest BCUT2D eigenvalue weighted by molar-refractivity contribution is 5.41. The lowest BCUT2D eigenvalue weighted by molar-refractivity contribution is 0.270. The van der Waals surface area contributed by atoms with Crippen LogP contribution in [-0.2, 0) is 0 Å². The molecule has 1 aromatic rings. The molecule has 4 heteroatoms. The van der Waals surface area contributed by atoms with Gasteiger partial charge in [0.15, 0.2) is 0 Å². The van der Waals surface area contributed by atoms with E-state index in [2.05, 4.69) is 16.4 Å². The van der Waals surface area contributed by atoms with Crippen molar-refractivity contribution >= 4 is 5.69 Å². The van der Waals surface area contributed by atoms with E-state index in [0.29, 0.717) is 11.6 Å². The van der Waals surface area contributed by atoms with Gasteiger partial charge in [-0.3, -0.25) is 5.01 Å². The summed E-state index contributed by atoms with van der Waals surface area (Å²) in [6.07, 6.45) is 0. The molecule has 0 aromatic heterocycles. The third-order valence-corrected chi connectivity index (χ3v) is 2.05. The second-order valence-corrected chi connectivity index (χ2v) is 3.52. The van der Waals surface area contributed by atoms with Crippen LogP contribution in [0.25, 0.3) is 0 Å². The van der Waals surface area contributed by atoms with Gasteiger partial charge in [0.1, 0.15) is 0 Å². The summed E-state index contributed by atoms with van der Waals surface area (Å²) < 4.78 is 0. The zero-order valence-corrected chi connectivity index (χ0v) is 9.18. The smallest absolute Gasteiger partial charge is 0.0991 e. The summed E-state index contributed by atoms with van der Waals surface area (Å²) in [4.78, 5) is 0. The molecule has 0 unspecified atom stereocenters. The van der Waals surface area contributed by atoms with Gasteiger partial charge in [-0.25, -0.2) is 0 Å². The summed E-state index contributed by atoms with van der Waals surface area (Å²) in [5, 5.41) is 18.5. The second-order valence-electron chi connectivity index (χ2n) is 3.52. The van der Waals surface area contributed by atoms with E-state index in [4.69, 9.17) is 5.26 Å². The van der Waals surface area contributed by atoms with Crippen molar-refractivity contribution in [2.24, 2.45) is 10.3 Å². The van der Waals surface area contributed by atoms with E-state index >= 15 is 0 Å². The second kappa shape index (κ2) is 5.11. The molecule has 0 amide bonds. The third-order valence-electron chi connectivity index (χ3n) is 2.05. The summed E-state index contributed by atoms with van der Waals surface area (Å²) in [5.74, 6) is 0. The molecule has 0 aliphatic rings. The predicted molar refractivity (Wildman–Crippen MR) is 58.6 cm³/mol. The van der Waals surface area contributed by atoms with Crippen LogP contribution in [0.1, 0.15) is 19.4 Å². The number of hydrogen-bond donors (Lipinski definition) is 0. The van der Waals surface area contributed by atoms with E-state index in [1.165, 1.54) is 0 Å². The monoisotopic (exact) mass is 202 g/mol. The fraction of sp³-hybridized carbons (Fsp3) is 0.364. The van der Waals surface area contributed by atoms with Crippen LogP contribution < -0.4 is 0 Å². The van der Waals surface area contributed by atoms with Crippen LogP contribution in [0, 0.1) is 11.3 Å². The molecule has 15 heavy (non-hydrogen) atoms. The molecule has 0 spiro atoms. The van der Waals surface area contributed by atoms with Gasteiger partial charge in [-0.1, -0.05) is 5.22 Å². The van der Waals surface area contributed by atoms with E-state index in [9.17, 15) is 0 Å². The van der Waals surface area contributed by atoms with E-state index in [0.717, 1.165) is 5.69 Å². The van der Waals surface area contributed by atoms with Crippen LogP contribution >= 0.6 is 0 Å².